The number of allylic oxidation sites excluding steroid dienone is 2. The van der Waals surface area contributed by atoms with Crippen molar-refractivity contribution in [3.63, 3.8) is 0 Å². The first-order valence-corrected chi connectivity index (χ1v) is 12.5. The molecular formula is C28H26N4O4S. The molecular weight excluding hydrogens is 488 g/mol. The number of carbonyl (C=O) groups excluding carboxylic acids is 2. The Bertz CT molecular complexity index is 1360. The second-order valence-corrected chi connectivity index (χ2v) is 9.19. The van der Waals surface area contributed by atoms with Crippen LogP contribution < -0.4 is 20.7 Å². The van der Waals surface area contributed by atoms with Crippen LogP contribution >= 0.6 is 11.8 Å². The van der Waals surface area contributed by atoms with Crippen LogP contribution in [-0.2, 0) is 16.1 Å². The molecule has 0 saturated carbocycles. The van der Waals surface area contributed by atoms with Crippen LogP contribution in [0.2, 0.25) is 0 Å². The number of nitrogens with zero attached hydrogens (tertiary/aromatic N) is 1. The van der Waals surface area contributed by atoms with E-state index in [0.29, 0.717) is 45.6 Å². The summed E-state index contributed by atoms with van der Waals surface area (Å²) >= 11 is 1.21. The van der Waals surface area contributed by atoms with Gasteiger partial charge in [0, 0.05) is 17.9 Å². The van der Waals surface area contributed by atoms with Gasteiger partial charge in [0.05, 0.1) is 47.3 Å². The third kappa shape index (κ3) is 6.23. The minimum Gasteiger partial charge on any atom is -0.497 e. The van der Waals surface area contributed by atoms with Crippen LogP contribution in [0, 0.1) is 11.3 Å². The molecule has 8 nitrogen and oxygen atoms in total. The topological polar surface area (TPSA) is 116 Å². The van der Waals surface area contributed by atoms with Gasteiger partial charge in [0.1, 0.15) is 11.5 Å². The van der Waals surface area contributed by atoms with Crippen LogP contribution in [0.3, 0.4) is 0 Å². The average molecular weight is 515 g/mol. The largest absolute Gasteiger partial charge is 0.497 e. The lowest BCUT2D eigenvalue weighted by atomic mass is 9.85. The van der Waals surface area contributed by atoms with Gasteiger partial charge in [-0.1, -0.05) is 42.1 Å². The normalized spacial score (nSPS) is 15.0. The fraction of sp³-hybridized carbons (Fsp3) is 0.179. The minimum absolute atomic E-state index is 0.103. The number of hydrogen-bond donors (Lipinski definition) is 3. The zero-order chi connectivity index (χ0) is 26.2. The number of anilines is 1. The van der Waals surface area contributed by atoms with Crippen molar-refractivity contribution in [1.29, 1.82) is 5.26 Å². The summed E-state index contributed by atoms with van der Waals surface area (Å²) in [5.41, 5.74) is 2.82. The van der Waals surface area contributed by atoms with E-state index in [2.05, 4.69) is 22.0 Å². The standard InChI is InChI=1S/C28H26N4O4S/c1-18-25(27(34)32-20-10-12-21(35-2)13-11-20)26(23-9-6-14-36-23)22(15-29)28(31-18)37-17-24(33)30-16-19-7-4-3-5-8-19/h3-14,26,31H,16-17H2,1-2H3,(H,30,33)(H,32,34)/t26-/m1/s1. The van der Waals surface area contributed by atoms with Gasteiger partial charge in [0.2, 0.25) is 5.91 Å². The number of ether oxygens (including phenoxy) is 1. The molecule has 4 rings (SSSR count). The summed E-state index contributed by atoms with van der Waals surface area (Å²) in [5, 5.41) is 19.6. The first-order chi connectivity index (χ1) is 18.0. The highest BCUT2D eigenvalue weighted by Crippen LogP contribution is 2.41. The first kappa shape index (κ1) is 25.7. The third-order valence-corrected chi connectivity index (χ3v) is 6.76. The number of dihydropyridines is 1. The molecule has 1 aromatic heterocycles. The van der Waals surface area contributed by atoms with Gasteiger partial charge < -0.3 is 25.1 Å². The number of methoxy groups -OCH3 is 1. The van der Waals surface area contributed by atoms with Crippen molar-refractivity contribution < 1.29 is 18.7 Å². The molecule has 0 radical (unpaired) electrons. The van der Waals surface area contributed by atoms with Gasteiger partial charge in [0.25, 0.3) is 5.91 Å². The molecule has 0 bridgehead atoms. The van der Waals surface area contributed by atoms with E-state index in [9.17, 15) is 14.9 Å². The first-order valence-electron chi connectivity index (χ1n) is 11.5. The van der Waals surface area contributed by atoms with Crippen molar-refractivity contribution in [3.05, 3.63) is 106 Å². The minimum atomic E-state index is -0.727. The molecule has 1 aliphatic heterocycles. The van der Waals surface area contributed by atoms with Crippen molar-refractivity contribution in [3.8, 4) is 11.8 Å². The molecule has 0 fully saturated rings. The van der Waals surface area contributed by atoms with Gasteiger partial charge in [-0.25, -0.2) is 0 Å². The zero-order valence-corrected chi connectivity index (χ0v) is 21.2. The lowest BCUT2D eigenvalue weighted by Crippen LogP contribution is -2.31. The van der Waals surface area contributed by atoms with Crippen molar-refractivity contribution in [2.45, 2.75) is 19.4 Å². The second-order valence-electron chi connectivity index (χ2n) is 8.20. The predicted molar refractivity (Wildman–Crippen MR) is 142 cm³/mol. The Morgan fingerprint density at radius 1 is 1.11 bits per heavy atom. The number of amides is 2. The smallest absolute Gasteiger partial charge is 0.254 e. The maximum absolute atomic E-state index is 13.4. The number of thioether (sulfide) groups is 1. The number of benzene rings is 2. The number of nitriles is 1. The van der Waals surface area contributed by atoms with E-state index in [4.69, 9.17) is 9.15 Å². The van der Waals surface area contributed by atoms with Crippen LogP contribution in [0.15, 0.2) is 99.3 Å². The van der Waals surface area contributed by atoms with Crippen LogP contribution in [0.4, 0.5) is 5.69 Å². The summed E-state index contributed by atoms with van der Waals surface area (Å²) in [6.45, 7) is 2.19. The summed E-state index contributed by atoms with van der Waals surface area (Å²) in [5.74, 6) is -0.0245. The Labute approximate surface area is 219 Å². The number of hydrogen-bond acceptors (Lipinski definition) is 7. The lowest BCUT2D eigenvalue weighted by molar-refractivity contribution is -0.118. The van der Waals surface area contributed by atoms with E-state index in [1.165, 1.54) is 18.0 Å². The van der Waals surface area contributed by atoms with E-state index >= 15 is 0 Å². The van der Waals surface area contributed by atoms with Crippen LogP contribution in [0.5, 0.6) is 5.75 Å². The molecule has 0 unspecified atom stereocenters. The molecule has 37 heavy (non-hydrogen) atoms. The Morgan fingerprint density at radius 2 is 1.86 bits per heavy atom. The van der Waals surface area contributed by atoms with Crippen molar-refractivity contribution in [1.82, 2.24) is 10.6 Å². The number of nitrogens with one attached hydrogen (secondary N) is 3. The van der Waals surface area contributed by atoms with Gasteiger partial charge in [-0.05, 0) is 48.9 Å². The Balaban J connectivity index is 1.53. The third-order valence-electron chi connectivity index (χ3n) is 5.75. The molecule has 1 aliphatic rings. The van der Waals surface area contributed by atoms with E-state index in [-0.39, 0.29) is 17.6 Å². The number of rotatable bonds is 9. The second kappa shape index (κ2) is 12.0. The lowest BCUT2D eigenvalue weighted by Gasteiger charge is -2.28. The van der Waals surface area contributed by atoms with Gasteiger partial charge in [-0.3, -0.25) is 9.59 Å². The van der Waals surface area contributed by atoms with Gasteiger partial charge in [-0.2, -0.15) is 5.26 Å². The maximum Gasteiger partial charge on any atom is 0.254 e. The highest BCUT2D eigenvalue weighted by molar-refractivity contribution is 8.03. The van der Waals surface area contributed by atoms with Crippen LogP contribution in [-0.4, -0.2) is 24.7 Å². The SMILES string of the molecule is COc1ccc(NC(=O)C2=C(C)NC(SCC(=O)NCc3ccccc3)=C(C#N)[C@@H]2c2ccco2)cc1. The molecule has 3 aromatic rings. The Kier molecular flexibility index (Phi) is 8.33. The van der Waals surface area contributed by atoms with Gasteiger partial charge >= 0.3 is 0 Å². The highest BCUT2D eigenvalue weighted by Gasteiger charge is 2.36. The van der Waals surface area contributed by atoms with Crippen LogP contribution in [0.25, 0.3) is 0 Å². The molecule has 1 atom stereocenters. The summed E-state index contributed by atoms with van der Waals surface area (Å²) in [6.07, 6.45) is 1.50. The molecule has 188 valence electrons. The molecule has 2 heterocycles. The summed E-state index contributed by atoms with van der Waals surface area (Å²) < 4.78 is 10.8. The molecule has 9 heteroatoms. The molecule has 2 amide bonds. The van der Waals surface area contributed by atoms with E-state index in [1.54, 1.807) is 50.4 Å². The Hall–Kier alpha value is -4.42. The number of carbonyl (C=O) groups is 2. The molecule has 0 spiro atoms. The molecule has 3 N–H and O–H groups in total. The van der Waals surface area contributed by atoms with E-state index in [0.717, 1.165) is 5.56 Å². The average Bonchev–Trinajstić information content (AvgIpc) is 3.46. The fourth-order valence-electron chi connectivity index (χ4n) is 3.93. The summed E-state index contributed by atoms with van der Waals surface area (Å²) in [4.78, 5) is 25.9. The maximum atomic E-state index is 13.4. The Morgan fingerprint density at radius 3 is 2.51 bits per heavy atom. The summed E-state index contributed by atoms with van der Waals surface area (Å²) in [6, 6.07) is 22.3. The number of furan rings is 1. The monoisotopic (exact) mass is 514 g/mol. The molecule has 2 aromatic carbocycles. The van der Waals surface area contributed by atoms with Crippen molar-refractivity contribution >= 4 is 29.3 Å². The van der Waals surface area contributed by atoms with Gasteiger partial charge in [-0.15, -0.1) is 0 Å². The van der Waals surface area contributed by atoms with Crippen molar-refractivity contribution in [2.75, 3.05) is 18.2 Å². The van der Waals surface area contributed by atoms with E-state index in [1.807, 2.05) is 30.3 Å². The predicted octanol–water partition coefficient (Wildman–Crippen LogP) is 4.67. The quantitative estimate of drug-likeness (QED) is 0.380. The van der Waals surface area contributed by atoms with Crippen LogP contribution in [0.1, 0.15) is 24.2 Å². The van der Waals surface area contributed by atoms with Crippen molar-refractivity contribution in [2.24, 2.45) is 0 Å². The summed E-state index contributed by atoms with van der Waals surface area (Å²) in [7, 11) is 1.57. The zero-order valence-electron chi connectivity index (χ0n) is 20.4. The van der Waals surface area contributed by atoms with Gasteiger partial charge in [0.15, 0.2) is 0 Å². The van der Waals surface area contributed by atoms with E-state index < -0.39 is 5.92 Å². The fourth-order valence-corrected chi connectivity index (χ4v) is 4.85. The highest BCUT2D eigenvalue weighted by atomic mass is 32.2. The molecule has 0 saturated heterocycles. The molecule has 0 aliphatic carbocycles.